The number of anilines is 3. The van der Waals surface area contributed by atoms with E-state index in [4.69, 9.17) is 11.6 Å². The number of halogens is 2. The zero-order chi connectivity index (χ0) is 23.8. The van der Waals surface area contributed by atoms with E-state index in [1.807, 2.05) is 19.1 Å². The zero-order valence-electron chi connectivity index (χ0n) is 17.7. The molecule has 0 saturated carbocycles. The van der Waals surface area contributed by atoms with Crippen molar-refractivity contribution in [3.05, 3.63) is 93.6 Å². The Morgan fingerprint density at radius 2 is 1.79 bits per heavy atom. The first-order valence-corrected chi connectivity index (χ1v) is 10.5. The molecule has 5 aromatic rings. The molecule has 1 amide bonds. The fourth-order valence-electron chi connectivity index (χ4n) is 3.70. The maximum Gasteiger partial charge on any atom is 0.276 e. The minimum Gasteiger partial charge on any atom is -0.337 e. The number of nitrogens with one attached hydrogen (secondary N) is 3. The zero-order valence-corrected chi connectivity index (χ0v) is 18.4. The van der Waals surface area contributed by atoms with Crippen LogP contribution in [0.25, 0.3) is 21.7 Å². The first-order chi connectivity index (χ1) is 16.4. The fraction of sp³-hybridized carbons (Fsp3) is 0.0417. The summed E-state index contributed by atoms with van der Waals surface area (Å²) in [5, 5.41) is 7.45. The van der Waals surface area contributed by atoms with E-state index in [0.29, 0.717) is 22.3 Å². The third-order valence-electron chi connectivity index (χ3n) is 5.37. The maximum atomic E-state index is 14.4. The molecule has 168 valence electrons. The Morgan fingerprint density at radius 1 is 1.00 bits per heavy atom. The molecule has 0 aliphatic carbocycles. The fourth-order valence-corrected chi connectivity index (χ4v) is 3.87. The van der Waals surface area contributed by atoms with Crippen molar-refractivity contribution >= 4 is 56.4 Å². The molecular formula is C24H16ClFN6O2. The average Bonchev–Trinajstić information content (AvgIpc) is 2.84. The number of pyridine rings is 2. The van der Waals surface area contributed by atoms with Crippen molar-refractivity contribution in [1.82, 2.24) is 19.9 Å². The largest absolute Gasteiger partial charge is 0.337 e. The summed E-state index contributed by atoms with van der Waals surface area (Å²) < 4.78 is 14.4. The molecule has 0 unspecified atom stereocenters. The molecular weight excluding hydrogens is 459 g/mol. The molecule has 2 aromatic carbocycles. The van der Waals surface area contributed by atoms with Gasteiger partial charge in [0.25, 0.3) is 11.5 Å². The number of nitrogens with zero attached hydrogens (tertiary/aromatic N) is 3. The lowest BCUT2D eigenvalue weighted by Gasteiger charge is -2.15. The van der Waals surface area contributed by atoms with Gasteiger partial charge in [-0.05, 0) is 36.8 Å². The van der Waals surface area contributed by atoms with Gasteiger partial charge in [0.2, 0.25) is 0 Å². The molecule has 3 heterocycles. The summed E-state index contributed by atoms with van der Waals surface area (Å²) in [5.41, 5.74) is 1.35. The van der Waals surface area contributed by atoms with Crippen LogP contribution in [0.2, 0.25) is 5.02 Å². The van der Waals surface area contributed by atoms with Gasteiger partial charge in [-0.1, -0.05) is 29.8 Å². The Kier molecular flexibility index (Phi) is 5.39. The molecule has 8 nitrogen and oxygen atoms in total. The van der Waals surface area contributed by atoms with E-state index >= 15 is 0 Å². The van der Waals surface area contributed by atoms with Gasteiger partial charge in [-0.25, -0.2) is 19.3 Å². The molecule has 0 aliphatic heterocycles. The lowest BCUT2D eigenvalue weighted by Crippen LogP contribution is -2.17. The van der Waals surface area contributed by atoms with Gasteiger partial charge in [0, 0.05) is 23.2 Å². The van der Waals surface area contributed by atoms with Crippen molar-refractivity contribution in [2.45, 2.75) is 6.92 Å². The molecule has 34 heavy (non-hydrogen) atoms. The minimum absolute atomic E-state index is 0.0101. The number of fused-ring (bicyclic) bond motifs is 2. The van der Waals surface area contributed by atoms with Crippen LogP contribution in [-0.2, 0) is 0 Å². The molecule has 0 aliphatic rings. The predicted molar refractivity (Wildman–Crippen MR) is 129 cm³/mol. The lowest BCUT2D eigenvalue weighted by atomic mass is 10.1. The van der Waals surface area contributed by atoms with E-state index in [1.54, 1.807) is 24.4 Å². The molecule has 0 spiro atoms. The standard InChI is InChI=1S/C24H16ClFN6O2/c1-12-5-6-14-13(7-10-28-22(14)31-17-4-2-3-16(25)18(17)26)19(12)32-24(34)21-20-15(8-9-27-21)23(33)30-11-29-20/h2-11H,1H3,(H,28,31)(H,32,34)(H,29,30,33). The number of hydrogen-bond acceptors (Lipinski definition) is 6. The molecule has 0 fully saturated rings. The quantitative estimate of drug-likeness (QED) is 0.339. The molecule has 3 aromatic heterocycles. The normalized spacial score (nSPS) is 11.0. The van der Waals surface area contributed by atoms with Crippen molar-refractivity contribution < 1.29 is 9.18 Å². The Balaban J connectivity index is 1.57. The summed E-state index contributed by atoms with van der Waals surface area (Å²) in [5.74, 6) is -0.717. The predicted octanol–water partition coefficient (Wildman–Crippen LogP) is 4.96. The number of carbonyl (C=O) groups excluding carboxylic acids is 1. The van der Waals surface area contributed by atoms with Crippen molar-refractivity contribution in [2.24, 2.45) is 0 Å². The molecule has 0 radical (unpaired) electrons. The van der Waals surface area contributed by atoms with Crippen LogP contribution in [0.1, 0.15) is 16.1 Å². The van der Waals surface area contributed by atoms with Crippen LogP contribution in [0.15, 0.2) is 66.0 Å². The van der Waals surface area contributed by atoms with Crippen molar-refractivity contribution in [2.75, 3.05) is 10.6 Å². The summed E-state index contributed by atoms with van der Waals surface area (Å²) in [6.45, 7) is 1.85. The Morgan fingerprint density at radius 3 is 2.65 bits per heavy atom. The topological polar surface area (TPSA) is 113 Å². The van der Waals surface area contributed by atoms with Gasteiger partial charge >= 0.3 is 0 Å². The second-order valence-corrected chi connectivity index (χ2v) is 7.89. The molecule has 10 heteroatoms. The SMILES string of the molecule is Cc1ccc2c(Nc3cccc(Cl)c3F)nccc2c1NC(=O)c1nccc2c(=O)[nH]cnc12. The third kappa shape index (κ3) is 3.71. The monoisotopic (exact) mass is 474 g/mol. The second kappa shape index (κ2) is 8.53. The maximum absolute atomic E-state index is 14.4. The highest BCUT2D eigenvalue weighted by atomic mass is 35.5. The van der Waals surface area contributed by atoms with E-state index in [0.717, 1.165) is 5.56 Å². The number of hydrogen-bond donors (Lipinski definition) is 3. The highest BCUT2D eigenvalue weighted by Gasteiger charge is 2.18. The van der Waals surface area contributed by atoms with E-state index in [9.17, 15) is 14.0 Å². The second-order valence-electron chi connectivity index (χ2n) is 7.48. The summed E-state index contributed by atoms with van der Waals surface area (Å²) >= 11 is 5.90. The van der Waals surface area contributed by atoms with Gasteiger partial charge < -0.3 is 15.6 Å². The van der Waals surface area contributed by atoms with Crippen LogP contribution in [0.4, 0.5) is 21.6 Å². The van der Waals surface area contributed by atoms with Gasteiger partial charge in [0.15, 0.2) is 11.5 Å². The first-order valence-electron chi connectivity index (χ1n) is 10.2. The number of amides is 1. The molecule has 3 N–H and O–H groups in total. The number of aromatic nitrogens is 4. The molecule has 5 rings (SSSR count). The first kappa shape index (κ1) is 21.5. The Hall–Kier alpha value is -4.37. The molecule has 0 bridgehead atoms. The van der Waals surface area contributed by atoms with Crippen molar-refractivity contribution in [3.8, 4) is 0 Å². The van der Waals surface area contributed by atoms with Crippen molar-refractivity contribution in [1.29, 1.82) is 0 Å². The summed E-state index contributed by atoms with van der Waals surface area (Å²) in [7, 11) is 0. The van der Waals surface area contributed by atoms with Gasteiger partial charge in [0.05, 0.1) is 28.1 Å². The van der Waals surface area contributed by atoms with Gasteiger partial charge in [0.1, 0.15) is 11.3 Å². The highest BCUT2D eigenvalue weighted by molar-refractivity contribution is 6.31. The Bertz CT molecular complexity index is 1650. The minimum atomic E-state index is -0.590. The van der Waals surface area contributed by atoms with Gasteiger partial charge in [-0.2, -0.15) is 0 Å². The van der Waals surface area contributed by atoms with Gasteiger partial charge in [-0.3, -0.25) is 9.59 Å². The van der Waals surface area contributed by atoms with Crippen LogP contribution in [0, 0.1) is 12.7 Å². The molecule has 0 saturated heterocycles. The van der Waals surface area contributed by atoms with Crippen molar-refractivity contribution in [3.63, 3.8) is 0 Å². The van der Waals surface area contributed by atoms with E-state index in [-0.39, 0.29) is 32.9 Å². The number of rotatable bonds is 4. The molecule has 0 atom stereocenters. The average molecular weight is 475 g/mol. The summed E-state index contributed by atoms with van der Waals surface area (Å²) in [6.07, 6.45) is 4.17. The number of H-pyrrole nitrogens is 1. The van der Waals surface area contributed by atoms with Crippen LogP contribution in [0.5, 0.6) is 0 Å². The van der Waals surface area contributed by atoms with Crippen LogP contribution < -0.4 is 16.2 Å². The number of carbonyl (C=O) groups is 1. The third-order valence-corrected chi connectivity index (χ3v) is 5.66. The summed E-state index contributed by atoms with van der Waals surface area (Å²) in [4.78, 5) is 40.3. The number of aromatic amines is 1. The van der Waals surface area contributed by atoms with Crippen LogP contribution in [-0.4, -0.2) is 25.8 Å². The summed E-state index contributed by atoms with van der Waals surface area (Å²) in [6, 6.07) is 11.5. The lowest BCUT2D eigenvalue weighted by molar-refractivity contribution is 0.102. The number of benzene rings is 2. The van der Waals surface area contributed by atoms with Gasteiger partial charge in [-0.15, -0.1) is 0 Å². The van der Waals surface area contributed by atoms with E-state index in [1.165, 1.54) is 24.7 Å². The smallest absolute Gasteiger partial charge is 0.276 e. The van der Waals surface area contributed by atoms with Crippen LogP contribution in [0.3, 0.4) is 0 Å². The number of aryl methyl sites for hydroxylation is 1. The Labute approximate surface area is 196 Å². The van der Waals surface area contributed by atoms with E-state index in [2.05, 4.69) is 30.6 Å². The highest BCUT2D eigenvalue weighted by Crippen LogP contribution is 2.33. The van der Waals surface area contributed by atoms with Crippen LogP contribution >= 0.6 is 11.6 Å². The van der Waals surface area contributed by atoms with E-state index < -0.39 is 11.7 Å².